The average Bonchev–Trinajstić information content (AvgIpc) is 2.60. The Kier molecular flexibility index (Phi) is 3.31. The topological polar surface area (TPSA) is 29.1 Å². The van der Waals surface area contributed by atoms with E-state index in [-0.39, 0.29) is 11.8 Å². The highest BCUT2D eigenvalue weighted by Gasteiger charge is 2.26. The molecule has 0 aliphatic carbocycles. The molecule has 102 valence electrons. The Balaban J connectivity index is 2.21. The molecule has 2 heteroatoms. The van der Waals surface area contributed by atoms with Crippen LogP contribution in [0.15, 0.2) is 42.5 Å². The number of anilines is 1. The SMILES string of the molecule is CCc1ccc2c(c1)NC(=O)c1ccccc1C2CC. The smallest absolute Gasteiger partial charge is 0.255 e. The summed E-state index contributed by atoms with van der Waals surface area (Å²) in [5, 5.41) is 3.08. The molecule has 2 aromatic carbocycles. The first kappa shape index (κ1) is 12.9. The summed E-state index contributed by atoms with van der Waals surface area (Å²) in [5.74, 6) is 0.289. The molecule has 2 nitrogen and oxygen atoms in total. The molecular weight excluding hydrogens is 246 g/mol. The molecule has 0 saturated heterocycles. The maximum Gasteiger partial charge on any atom is 0.255 e. The maximum atomic E-state index is 12.4. The third-order valence-corrected chi connectivity index (χ3v) is 4.14. The minimum absolute atomic E-state index is 0.00560. The fourth-order valence-corrected chi connectivity index (χ4v) is 3.04. The van der Waals surface area contributed by atoms with Gasteiger partial charge in [-0.2, -0.15) is 0 Å². The number of carbonyl (C=O) groups is 1. The summed E-state index contributed by atoms with van der Waals surface area (Å²) in [6, 6.07) is 14.4. The Morgan fingerprint density at radius 3 is 2.60 bits per heavy atom. The molecular formula is C18H19NO. The third kappa shape index (κ3) is 2.01. The van der Waals surface area contributed by atoms with E-state index in [0.717, 1.165) is 29.7 Å². The second kappa shape index (κ2) is 5.12. The van der Waals surface area contributed by atoms with E-state index in [9.17, 15) is 4.79 Å². The number of carbonyl (C=O) groups excluding carboxylic acids is 1. The zero-order valence-corrected chi connectivity index (χ0v) is 11.9. The van der Waals surface area contributed by atoms with Gasteiger partial charge in [-0.25, -0.2) is 0 Å². The van der Waals surface area contributed by atoms with Crippen LogP contribution in [0.1, 0.15) is 53.2 Å². The van der Waals surface area contributed by atoms with Gasteiger partial charge in [0.2, 0.25) is 0 Å². The third-order valence-electron chi connectivity index (χ3n) is 4.14. The van der Waals surface area contributed by atoms with Crippen molar-refractivity contribution in [2.24, 2.45) is 0 Å². The fourth-order valence-electron chi connectivity index (χ4n) is 3.04. The zero-order chi connectivity index (χ0) is 14.1. The summed E-state index contributed by atoms with van der Waals surface area (Å²) in [6.07, 6.45) is 1.97. The minimum atomic E-state index is 0.00560. The molecule has 1 unspecified atom stereocenters. The molecule has 0 fully saturated rings. The normalized spacial score (nSPS) is 16.9. The summed E-state index contributed by atoms with van der Waals surface area (Å²) in [7, 11) is 0. The first-order valence-electron chi connectivity index (χ1n) is 7.27. The van der Waals surface area contributed by atoms with Gasteiger partial charge < -0.3 is 5.32 Å². The van der Waals surface area contributed by atoms with Crippen molar-refractivity contribution in [1.29, 1.82) is 0 Å². The largest absolute Gasteiger partial charge is 0.322 e. The molecule has 0 saturated carbocycles. The second-order valence-corrected chi connectivity index (χ2v) is 5.28. The van der Waals surface area contributed by atoms with Gasteiger partial charge in [-0.05, 0) is 41.7 Å². The van der Waals surface area contributed by atoms with E-state index in [2.05, 4.69) is 43.4 Å². The molecule has 1 N–H and O–H groups in total. The van der Waals surface area contributed by atoms with Crippen LogP contribution >= 0.6 is 0 Å². The standard InChI is InChI=1S/C18H19NO/c1-3-12-9-10-15-13(4-2)14-7-5-6-8-16(14)18(20)19-17(15)11-12/h5-11,13H,3-4H2,1-2H3,(H,19,20). The van der Waals surface area contributed by atoms with Gasteiger partial charge in [-0.3, -0.25) is 4.79 Å². The predicted molar refractivity (Wildman–Crippen MR) is 82.3 cm³/mol. The molecule has 1 aliphatic rings. The lowest BCUT2D eigenvalue weighted by Gasteiger charge is -2.18. The van der Waals surface area contributed by atoms with E-state index in [0.29, 0.717) is 0 Å². The minimum Gasteiger partial charge on any atom is -0.322 e. The molecule has 20 heavy (non-hydrogen) atoms. The predicted octanol–water partition coefficient (Wildman–Crippen LogP) is 4.36. The average molecular weight is 265 g/mol. The lowest BCUT2D eigenvalue weighted by molar-refractivity contribution is 0.102. The quantitative estimate of drug-likeness (QED) is 0.859. The second-order valence-electron chi connectivity index (χ2n) is 5.28. The monoisotopic (exact) mass is 265 g/mol. The number of benzene rings is 2. The van der Waals surface area contributed by atoms with Crippen molar-refractivity contribution in [2.75, 3.05) is 5.32 Å². The fraction of sp³-hybridized carbons (Fsp3) is 0.278. The van der Waals surface area contributed by atoms with Gasteiger partial charge in [-0.15, -0.1) is 0 Å². The molecule has 0 aromatic heterocycles. The lowest BCUT2D eigenvalue weighted by Crippen LogP contribution is -2.11. The van der Waals surface area contributed by atoms with Crippen LogP contribution in [0.3, 0.4) is 0 Å². The number of rotatable bonds is 2. The van der Waals surface area contributed by atoms with Crippen LogP contribution in [0.5, 0.6) is 0 Å². The molecule has 0 bridgehead atoms. The number of aryl methyl sites for hydroxylation is 1. The van der Waals surface area contributed by atoms with Gasteiger partial charge in [0.15, 0.2) is 0 Å². The molecule has 2 aromatic rings. The number of hydrogen-bond donors (Lipinski definition) is 1. The van der Waals surface area contributed by atoms with Crippen LogP contribution in [0.25, 0.3) is 0 Å². The summed E-state index contributed by atoms with van der Waals surface area (Å²) >= 11 is 0. The van der Waals surface area contributed by atoms with Crippen molar-refractivity contribution in [3.63, 3.8) is 0 Å². The molecule has 1 heterocycles. The number of nitrogens with one attached hydrogen (secondary N) is 1. The Morgan fingerprint density at radius 2 is 1.85 bits per heavy atom. The van der Waals surface area contributed by atoms with Crippen LogP contribution in [0, 0.1) is 0 Å². The van der Waals surface area contributed by atoms with Crippen molar-refractivity contribution in [3.8, 4) is 0 Å². The Bertz CT molecular complexity index is 660. The maximum absolute atomic E-state index is 12.4. The highest BCUT2D eigenvalue weighted by Crippen LogP contribution is 2.38. The highest BCUT2D eigenvalue weighted by atomic mass is 16.1. The molecule has 0 radical (unpaired) electrons. The van der Waals surface area contributed by atoms with E-state index < -0.39 is 0 Å². The molecule has 1 amide bonds. The van der Waals surface area contributed by atoms with Gasteiger partial charge in [-0.1, -0.05) is 44.2 Å². The summed E-state index contributed by atoms with van der Waals surface area (Å²) in [4.78, 5) is 12.4. The Morgan fingerprint density at radius 1 is 1.05 bits per heavy atom. The van der Waals surface area contributed by atoms with Crippen LogP contribution in [0.2, 0.25) is 0 Å². The summed E-state index contributed by atoms with van der Waals surface area (Å²) in [5.41, 5.74) is 5.38. The van der Waals surface area contributed by atoms with Gasteiger partial charge in [0, 0.05) is 17.2 Å². The molecule has 3 rings (SSSR count). The number of amides is 1. The molecule has 1 aliphatic heterocycles. The van der Waals surface area contributed by atoms with E-state index in [1.54, 1.807) is 0 Å². The first-order chi connectivity index (χ1) is 9.74. The summed E-state index contributed by atoms with van der Waals surface area (Å²) < 4.78 is 0. The number of fused-ring (bicyclic) bond motifs is 2. The van der Waals surface area contributed by atoms with E-state index in [4.69, 9.17) is 0 Å². The van der Waals surface area contributed by atoms with E-state index >= 15 is 0 Å². The van der Waals surface area contributed by atoms with Crippen molar-refractivity contribution >= 4 is 11.6 Å². The molecule has 0 spiro atoms. The van der Waals surface area contributed by atoms with Crippen molar-refractivity contribution in [2.45, 2.75) is 32.6 Å². The van der Waals surface area contributed by atoms with Gasteiger partial charge in [0.05, 0.1) is 0 Å². The molecule has 1 atom stereocenters. The zero-order valence-electron chi connectivity index (χ0n) is 11.9. The Labute approximate surface area is 119 Å². The van der Waals surface area contributed by atoms with Gasteiger partial charge in [0.25, 0.3) is 5.91 Å². The van der Waals surface area contributed by atoms with Gasteiger partial charge >= 0.3 is 0 Å². The first-order valence-corrected chi connectivity index (χ1v) is 7.27. The van der Waals surface area contributed by atoms with Crippen molar-refractivity contribution < 1.29 is 4.79 Å². The van der Waals surface area contributed by atoms with Crippen molar-refractivity contribution in [1.82, 2.24) is 0 Å². The lowest BCUT2D eigenvalue weighted by atomic mass is 9.86. The van der Waals surface area contributed by atoms with E-state index in [1.165, 1.54) is 11.1 Å². The number of hydrogen-bond acceptors (Lipinski definition) is 1. The van der Waals surface area contributed by atoms with Crippen LogP contribution in [-0.4, -0.2) is 5.91 Å². The van der Waals surface area contributed by atoms with Crippen molar-refractivity contribution in [3.05, 3.63) is 64.7 Å². The van der Waals surface area contributed by atoms with E-state index in [1.807, 2.05) is 18.2 Å². The van der Waals surface area contributed by atoms with Crippen LogP contribution in [-0.2, 0) is 6.42 Å². The van der Waals surface area contributed by atoms with Crippen LogP contribution in [0.4, 0.5) is 5.69 Å². The van der Waals surface area contributed by atoms with Gasteiger partial charge in [0.1, 0.15) is 0 Å². The highest BCUT2D eigenvalue weighted by molar-refractivity contribution is 6.07. The summed E-state index contributed by atoms with van der Waals surface area (Å²) in [6.45, 7) is 4.31. The Hall–Kier alpha value is -2.09. The van der Waals surface area contributed by atoms with Crippen LogP contribution < -0.4 is 5.32 Å².